The van der Waals surface area contributed by atoms with Crippen LogP contribution in [0.15, 0.2) is 42.5 Å². The van der Waals surface area contributed by atoms with Gasteiger partial charge in [0.1, 0.15) is 11.5 Å². The topological polar surface area (TPSA) is 73.6 Å². The summed E-state index contributed by atoms with van der Waals surface area (Å²) in [6.07, 6.45) is -4.76. The maximum Gasteiger partial charge on any atom is 0.573 e. The zero-order valence-electron chi connectivity index (χ0n) is 12.0. The number of methoxy groups -OCH3 is 1. The Kier molecular flexibility index (Phi) is 4.63. The van der Waals surface area contributed by atoms with E-state index < -0.39 is 12.3 Å². The number of amides is 1. The quantitative estimate of drug-likeness (QED) is 0.844. The van der Waals surface area contributed by atoms with Crippen molar-refractivity contribution in [3.63, 3.8) is 0 Å². The van der Waals surface area contributed by atoms with Gasteiger partial charge in [0.15, 0.2) is 0 Å². The van der Waals surface area contributed by atoms with E-state index in [1.54, 1.807) is 6.07 Å². The van der Waals surface area contributed by atoms with Crippen molar-refractivity contribution in [2.24, 2.45) is 0 Å². The molecule has 0 radical (unpaired) electrons. The molecule has 0 atom stereocenters. The number of hydrogen-bond donors (Lipinski definition) is 2. The van der Waals surface area contributed by atoms with Crippen molar-refractivity contribution < 1.29 is 27.4 Å². The number of hydrogen-bond acceptors (Lipinski definition) is 4. The summed E-state index contributed by atoms with van der Waals surface area (Å²) in [6, 6.07) is 9.31. The largest absolute Gasteiger partial charge is 0.573 e. The Bertz CT molecular complexity index is 700. The molecule has 0 aliphatic heterocycles. The molecule has 2 aromatic rings. The van der Waals surface area contributed by atoms with Crippen LogP contribution in [0.1, 0.15) is 10.4 Å². The zero-order valence-corrected chi connectivity index (χ0v) is 12.0. The number of carbonyl (C=O) groups excluding carboxylic acids is 1. The number of alkyl halides is 3. The molecular formula is C15H13F3N2O3. The number of anilines is 2. The molecule has 0 aromatic heterocycles. The third kappa shape index (κ3) is 4.53. The van der Waals surface area contributed by atoms with Gasteiger partial charge >= 0.3 is 6.36 Å². The molecule has 122 valence electrons. The Labute approximate surface area is 129 Å². The van der Waals surface area contributed by atoms with Gasteiger partial charge in [-0.25, -0.2) is 0 Å². The number of nitrogens with two attached hydrogens (primary N) is 1. The number of nitrogen functional groups attached to an aromatic ring is 1. The SMILES string of the molecule is COc1ccc(C(=O)Nc2ccc(OC(F)(F)F)cc2)cc1N. The van der Waals surface area contributed by atoms with Crippen molar-refractivity contribution in [2.75, 3.05) is 18.2 Å². The van der Waals surface area contributed by atoms with Crippen molar-refractivity contribution in [1.29, 1.82) is 0 Å². The number of rotatable bonds is 4. The second-order valence-electron chi connectivity index (χ2n) is 4.48. The summed E-state index contributed by atoms with van der Waals surface area (Å²) >= 11 is 0. The molecule has 1 amide bonds. The van der Waals surface area contributed by atoms with Crippen LogP contribution in [0.5, 0.6) is 11.5 Å². The van der Waals surface area contributed by atoms with Gasteiger partial charge in [-0.2, -0.15) is 0 Å². The minimum absolute atomic E-state index is 0.291. The first-order valence-electron chi connectivity index (χ1n) is 6.39. The Balaban J connectivity index is 2.07. The van der Waals surface area contributed by atoms with Crippen LogP contribution in [0.2, 0.25) is 0 Å². The molecule has 2 aromatic carbocycles. The molecule has 2 rings (SSSR count). The average molecular weight is 326 g/mol. The summed E-state index contributed by atoms with van der Waals surface area (Å²) in [5, 5.41) is 2.54. The summed E-state index contributed by atoms with van der Waals surface area (Å²) in [4.78, 5) is 12.1. The number of ether oxygens (including phenoxy) is 2. The number of nitrogens with one attached hydrogen (secondary N) is 1. The van der Waals surface area contributed by atoms with Gasteiger partial charge in [-0.05, 0) is 42.5 Å². The fourth-order valence-electron chi connectivity index (χ4n) is 1.82. The smallest absolute Gasteiger partial charge is 0.495 e. The molecule has 8 heteroatoms. The normalized spacial score (nSPS) is 11.0. The van der Waals surface area contributed by atoms with E-state index in [0.717, 1.165) is 12.1 Å². The molecule has 0 fully saturated rings. The molecule has 0 unspecified atom stereocenters. The fourth-order valence-corrected chi connectivity index (χ4v) is 1.82. The van der Waals surface area contributed by atoms with Gasteiger partial charge in [0.2, 0.25) is 0 Å². The van der Waals surface area contributed by atoms with Gasteiger partial charge in [-0.1, -0.05) is 0 Å². The lowest BCUT2D eigenvalue weighted by Crippen LogP contribution is -2.17. The zero-order chi connectivity index (χ0) is 17.0. The molecule has 0 aliphatic carbocycles. The molecular weight excluding hydrogens is 313 g/mol. The van der Waals surface area contributed by atoms with E-state index in [2.05, 4.69) is 10.1 Å². The highest BCUT2D eigenvalue weighted by Crippen LogP contribution is 2.25. The van der Waals surface area contributed by atoms with E-state index in [4.69, 9.17) is 10.5 Å². The molecule has 23 heavy (non-hydrogen) atoms. The van der Waals surface area contributed by atoms with E-state index in [1.807, 2.05) is 0 Å². The van der Waals surface area contributed by atoms with Crippen LogP contribution in [0.25, 0.3) is 0 Å². The summed E-state index contributed by atoms with van der Waals surface area (Å²) < 4.78 is 44.9. The Morgan fingerprint density at radius 2 is 1.78 bits per heavy atom. The first-order valence-corrected chi connectivity index (χ1v) is 6.39. The highest BCUT2D eigenvalue weighted by atomic mass is 19.4. The summed E-state index contributed by atoms with van der Waals surface area (Å²) in [6.45, 7) is 0. The predicted molar refractivity (Wildman–Crippen MR) is 78.5 cm³/mol. The van der Waals surface area contributed by atoms with Crippen molar-refractivity contribution >= 4 is 17.3 Å². The lowest BCUT2D eigenvalue weighted by molar-refractivity contribution is -0.274. The maximum absolute atomic E-state index is 12.1. The van der Waals surface area contributed by atoms with Gasteiger partial charge in [0.25, 0.3) is 5.91 Å². The molecule has 3 N–H and O–H groups in total. The molecule has 0 saturated carbocycles. The molecule has 0 aliphatic rings. The van der Waals surface area contributed by atoms with Crippen LogP contribution in [-0.4, -0.2) is 19.4 Å². The van der Waals surface area contributed by atoms with E-state index in [1.165, 1.54) is 31.4 Å². The maximum atomic E-state index is 12.1. The van der Waals surface area contributed by atoms with Gasteiger partial charge in [-0.15, -0.1) is 13.2 Å². The standard InChI is InChI=1S/C15H13F3N2O3/c1-22-13-7-2-9(8-12(13)19)14(21)20-10-3-5-11(6-4-10)23-15(16,17)18/h2-8H,19H2,1H3,(H,20,21). The van der Waals surface area contributed by atoms with E-state index in [9.17, 15) is 18.0 Å². The third-order valence-corrected chi connectivity index (χ3v) is 2.84. The van der Waals surface area contributed by atoms with Crippen molar-refractivity contribution in [2.45, 2.75) is 6.36 Å². The lowest BCUT2D eigenvalue weighted by atomic mass is 10.1. The molecule has 0 saturated heterocycles. The van der Waals surface area contributed by atoms with Crippen molar-refractivity contribution in [1.82, 2.24) is 0 Å². The van der Waals surface area contributed by atoms with Crippen LogP contribution in [0.3, 0.4) is 0 Å². The Morgan fingerprint density at radius 3 is 2.30 bits per heavy atom. The Hall–Kier alpha value is -2.90. The highest BCUT2D eigenvalue weighted by Gasteiger charge is 2.30. The van der Waals surface area contributed by atoms with Crippen LogP contribution in [-0.2, 0) is 0 Å². The van der Waals surface area contributed by atoms with Gasteiger partial charge in [-0.3, -0.25) is 4.79 Å². The van der Waals surface area contributed by atoms with Gasteiger partial charge in [0, 0.05) is 11.3 Å². The molecule has 0 heterocycles. The highest BCUT2D eigenvalue weighted by molar-refractivity contribution is 6.05. The van der Waals surface area contributed by atoms with Crippen molar-refractivity contribution in [3.8, 4) is 11.5 Å². The number of carbonyl (C=O) groups is 1. The monoisotopic (exact) mass is 326 g/mol. The summed E-state index contributed by atoms with van der Waals surface area (Å²) in [7, 11) is 1.45. The average Bonchev–Trinajstić information content (AvgIpc) is 2.47. The fraction of sp³-hybridized carbons (Fsp3) is 0.133. The van der Waals surface area contributed by atoms with Crippen molar-refractivity contribution in [3.05, 3.63) is 48.0 Å². The van der Waals surface area contributed by atoms with Crippen LogP contribution in [0, 0.1) is 0 Å². The number of halogens is 3. The lowest BCUT2D eigenvalue weighted by Gasteiger charge is -2.10. The molecule has 0 bridgehead atoms. The van der Waals surface area contributed by atoms with E-state index in [0.29, 0.717) is 22.7 Å². The second kappa shape index (κ2) is 6.47. The van der Waals surface area contributed by atoms with Gasteiger partial charge in [0.05, 0.1) is 12.8 Å². The minimum Gasteiger partial charge on any atom is -0.495 e. The van der Waals surface area contributed by atoms with Crippen LogP contribution in [0.4, 0.5) is 24.5 Å². The summed E-state index contributed by atoms with van der Waals surface area (Å²) in [5.74, 6) is -0.386. The Morgan fingerprint density at radius 1 is 1.13 bits per heavy atom. The first-order chi connectivity index (χ1) is 10.8. The molecule has 5 nitrogen and oxygen atoms in total. The summed E-state index contributed by atoms with van der Waals surface area (Å²) in [5.41, 5.74) is 6.62. The van der Waals surface area contributed by atoms with E-state index >= 15 is 0 Å². The number of benzene rings is 2. The third-order valence-electron chi connectivity index (χ3n) is 2.84. The minimum atomic E-state index is -4.76. The second-order valence-corrected chi connectivity index (χ2v) is 4.48. The van der Waals surface area contributed by atoms with Gasteiger partial charge < -0.3 is 20.5 Å². The first kappa shape index (κ1) is 16.5. The van der Waals surface area contributed by atoms with Crippen LogP contribution < -0.4 is 20.5 Å². The van der Waals surface area contributed by atoms with Crippen LogP contribution >= 0.6 is 0 Å². The van der Waals surface area contributed by atoms with E-state index in [-0.39, 0.29) is 5.75 Å². The molecule has 0 spiro atoms. The predicted octanol–water partition coefficient (Wildman–Crippen LogP) is 3.43.